The number of carboxylic acid groups (broad SMARTS) is 1. The Bertz CT molecular complexity index is 428. The van der Waals surface area contributed by atoms with Crippen LogP contribution in [0.4, 0.5) is 10.5 Å². The van der Waals surface area contributed by atoms with E-state index in [1.807, 2.05) is 12.1 Å². The number of rotatable bonds is 1. The predicted octanol–water partition coefficient (Wildman–Crippen LogP) is 1.68. The second kappa shape index (κ2) is 3.38. The number of carbonyl (C=O) groups is 2. The van der Waals surface area contributed by atoms with Crippen molar-refractivity contribution in [3.8, 4) is 0 Å². The van der Waals surface area contributed by atoms with Gasteiger partial charge in [-0.2, -0.15) is 0 Å². The zero-order valence-corrected chi connectivity index (χ0v) is 8.30. The normalized spacial score (nSPS) is 18.7. The second-order valence-corrected chi connectivity index (χ2v) is 3.61. The minimum atomic E-state index is -1.07. The molecule has 1 aromatic rings. The third kappa shape index (κ3) is 1.48. The smallest absolute Gasteiger partial charge is 0.412 e. The second-order valence-electron chi connectivity index (χ2n) is 3.61. The van der Waals surface area contributed by atoms with Crippen LogP contribution in [0, 0.1) is 0 Å². The SMILES string of the molecule is CC(=O)C1Cc2ccccc2N1C(=O)O. The first-order chi connectivity index (χ1) is 7.11. The lowest BCUT2D eigenvalue weighted by molar-refractivity contribution is -0.118. The molecule has 2 rings (SSSR count). The molecule has 15 heavy (non-hydrogen) atoms. The molecule has 0 aromatic heterocycles. The minimum Gasteiger partial charge on any atom is -0.465 e. The molecule has 0 bridgehead atoms. The molecule has 0 radical (unpaired) electrons. The van der Waals surface area contributed by atoms with Crippen molar-refractivity contribution >= 4 is 17.6 Å². The van der Waals surface area contributed by atoms with Gasteiger partial charge in [0.05, 0.1) is 5.69 Å². The van der Waals surface area contributed by atoms with Crippen molar-refractivity contribution in [2.24, 2.45) is 0 Å². The quantitative estimate of drug-likeness (QED) is 0.758. The molecule has 0 aliphatic carbocycles. The van der Waals surface area contributed by atoms with E-state index in [0.717, 1.165) is 10.5 Å². The number of fused-ring (bicyclic) bond motifs is 1. The first-order valence-corrected chi connectivity index (χ1v) is 4.72. The van der Waals surface area contributed by atoms with Crippen LogP contribution >= 0.6 is 0 Å². The lowest BCUT2D eigenvalue weighted by atomic mass is 10.1. The van der Waals surface area contributed by atoms with Crippen molar-refractivity contribution in [1.82, 2.24) is 0 Å². The highest BCUT2D eigenvalue weighted by atomic mass is 16.4. The van der Waals surface area contributed by atoms with Gasteiger partial charge in [0.1, 0.15) is 6.04 Å². The molecule has 0 saturated heterocycles. The Kier molecular flexibility index (Phi) is 2.19. The summed E-state index contributed by atoms with van der Waals surface area (Å²) in [6.07, 6.45) is -0.585. The van der Waals surface area contributed by atoms with Gasteiger partial charge in [0, 0.05) is 6.42 Å². The summed E-state index contributed by atoms with van der Waals surface area (Å²) in [5.74, 6) is -0.117. The van der Waals surface area contributed by atoms with Crippen LogP contribution in [0.25, 0.3) is 0 Å². The van der Waals surface area contributed by atoms with Crippen LogP contribution in [-0.2, 0) is 11.2 Å². The Hall–Kier alpha value is -1.84. The van der Waals surface area contributed by atoms with Gasteiger partial charge in [-0.05, 0) is 18.6 Å². The molecule has 1 heterocycles. The molecule has 78 valence electrons. The van der Waals surface area contributed by atoms with Crippen LogP contribution in [0.2, 0.25) is 0 Å². The summed E-state index contributed by atoms with van der Waals surface area (Å²) in [5.41, 5.74) is 1.55. The Morgan fingerprint density at radius 1 is 1.40 bits per heavy atom. The summed E-state index contributed by atoms with van der Waals surface area (Å²) < 4.78 is 0. The van der Waals surface area contributed by atoms with Crippen molar-refractivity contribution < 1.29 is 14.7 Å². The Morgan fingerprint density at radius 3 is 2.67 bits per heavy atom. The average molecular weight is 205 g/mol. The predicted molar refractivity (Wildman–Crippen MR) is 55.1 cm³/mol. The van der Waals surface area contributed by atoms with Gasteiger partial charge in [-0.15, -0.1) is 0 Å². The highest BCUT2D eigenvalue weighted by Gasteiger charge is 2.36. The number of Topliss-reactive ketones (excluding diaryl/α,β-unsaturated/α-hetero) is 1. The molecule has 1 unspecified atom stereocenters. The van der Waals surface area contributed by atoms with Crippen LogP contribution in [0.1, 0.15) is 12.5 Å². The fraction of sp³-hybridized carbons (Fsp3) is 0.273. The molecule has 1 atom stereocenters. The fourth-order valence-corrected chi connectivity index (χ4v) is 1.95. The van der Waals surface area contributed by atoms with Crippen molar-refractivity contribution in [3.05, 3.63) is 29.8 Å². The van der Waals surface area contributed by atoms with E-state index in [0.29, 0.717) is 12.1 Å². The first kappa shape index (κ1) is 9.71. The molecule has 0 fully saturated rings. The molecular formula is C11H11NO3. The number of hydrogen-bond donors (Lipinski definition) is 1. The van der Waals surface area contributed by atoms with Crippen molar-refractivity contribution in [1.29, 1.82) is 0 Å². The fourth-order valence-electron chi connectivity index (χ4n) is 1.95. The maximum absolute atomic E-state index is 11.3. The van der Waals surface area contributed by atoms with Gasteiger partial charge in [-0.1, -0.05) is 18.2 Å². The third-order valence-electron chi connectivity index (χ3n) is 2.65. The molecule has 1 aromatic carbocycles. The third-order valence-corrected chi connectivity index (χ3v) is 2.65. The molecule has 1 N–H and O–H groups in total. The number of hydrogen-bond acceptors (Lipinski definition) is 2. The number of amides is 1. The standard InChI is InChI=1S/C11H11NO3/c1-7(13)10-6-8-4-2-3-5-9(8)12(10)11(14)15/h2-5,10H,6H2,1H3,(H,14,15). The maximum atomic E-state index is 11.3. The topological polar surface area (TPSA) is 57.6 Å². The summed E-state index contributed by atoms with van der Waals surface area (Å²) in [5, 5.41) is 9.05. The van der Waals surface area contributed by atoms with E-state index < -0.39 is 12.1 Å². The zero-order valence-electron chi connectivity index (χ0n) is 8.30. The van der Waals surface area contributed by atoms with Gasteiger partial charge >= 0.3 is 6.09 Å². The molecule has 1 aliphatic rings. The molecule has 0 saturated carbocycles. The van der Waals surface area contributed by atoms with Gasteiger partial charge in [-0.25, -0.2) is 4.79 Å². The lowest BCUT2D eigenvalue weighted by Crippen LogP contribution is -2.41. The van der Waals surface area contributed by atoms with Gasteiger partial charge in [0.15, 0.2) is 5.78 Å². The van der Waals surface area contributed by atoms with Crippen LogP contribution < -0.4 is 4.90 Å². The van der Waals surface area contributed by atoms with Gasteiger partial charge in [-0.3, -0.25) is 9.69 Å². The largest absolute Gasteiger partial charge is 0.465 e. The average Bonchev–Trinajstić information content (AvgIpc) is 2.56. The highest BCUT2D eigenvalue weighted by Crippen LogP contribution is 2.32. The van der Waals surface area contributed by atoms with E-state index >= 15 is 0 Å². The molecular weight excluding hydrogens is 194 g/mol. The minimum absolute atomic E-state index is 0.117. The van der Waals surface area contributed by atoms with Gasteiger partial charge in [0.25, 0.3) is 0 Å². The lowest BCUT2D eigenvalue weighted by Gasteiger charge is -2.19. The zero-order chi connectivity index (χ0) is 11.0. The monoisotopic (exact) mass is 205 g/mol. The summed E-state index contributed by atoms with van der Waals surface area (Å²) in [4.78, 5) is 23.5. The number of benzene rings is 1. The number of carbonyl (C=O) groups excluding carboxylic acids is 1. The van der Waals surface area contributed by atoms with E-state index in [-0.39, 0.29) is 5.78 Å². The van der Waals surface area contributed by atoms with Crippen LogP contribution in [0.3, 0.4) is 0 Å². The maximum Gasteiger partial charge on any atom is 0.412 e. The molecule has 0 spiro atoms. The van der Waals surface area contributed by atoms with Crippen LogP contribution in [-0.4, -0.2) is 23.0 Å². The summed E-state index contributed by atoms with van der Waals surface area (Å²) in [6.45, 7) is 1.42. The molecule has 4 nitrogen and oxygen atoms in total. The van der Waals surface area contributed by atoms with E-state index in [1.165, 1.54) is 6.92 Å². The van der Waals surface area contributed by atoms with E-state index in [4.69, 9.17) is 5.11 Å². The Morgan fingerprint density at radius 2 is 2.07 bits per heavy atom. The molecule has 4 heteroatoms. The van der Waals surface area contributed by atoms with E-state index in [2.05, 4.69) is 0 Å². The van der Waals surface area contributed by atoms with Crippen LogP contribution in [0.15, 0.2) is 24.3 Å². The van der Waals surface area contributed by atoms with Crippen molar-refractivity contribution in [2.75, 3.05) is 4.90 Å². The summed E-state index contributed by atoms with van der Waals surface area (Å²) in [6, 6.07) is 6.65. The molecule has 1 aliphatic heterocycles. The van der Waals surface area contributed by atoms with Crippen molar-refractivity contribution in [3.63, 3.8) is 0 Å². The Balaban J connectivity index is 2.46. The summed E-state index contributed by atoms with van der Waals surface area (Å²) in [7, 11) is 0. The molecule has 1 amide bonds. The van der Waals surface area contributed by atoms with E-state index in [9.17, 15) is 9.59 Å². The number of nitrogens with zero attached hydrogens (tertiary/aromatic N) is 1. The van der Waals surface area contributed by atoms with Crippen molar-refractivity contribution in [2.45, 2.75) is 19.4 Å². The number of anilines is 1. The summed E-state index contributed by atoms with van der Waals surface area (Å²) >= 11 is 0. The van der Waals surface area contributed by atoms with Gasteiger partial charge < -0.3 is 5.11 Å². The Labute approximate surface area is 87.1 Å². The van der Waals surface area contributed by atoms with Gasteiger partial charge in [0.2, 0.25) is 0 Å². The number of para-hydroxylation sites is 1. The first-order valence-electron chi connectivity index (χ1n) is 4.72. The van der Waals surface area contributed by atoms with Crippen LogP contribution in [0.5, 0.6) is 0 Å². The highest BCUT2D eigenvalue weighted by molar-refractivity contribution is 5.99. The van der Waals surface area contributed by atoms with E-state index in [1.54, 1.807) is 12.1 Å². The number of ketones is 1.